The number of aliphatic hydroxyl groups excluding tert-OH is 1. The van der Waals surface area contributed by atoms with Crippen molar-refractivity contribution in [1.82, 2.24) is 0 Å². The summed E-state index contributed by atoms with van der Waals surface area (Å²) in [5.41, 5.74) is 0. The summed E-state index contributed by atoms with van der Waals surface area (Å²) in [4.78, 5) is 23.9. The fourth-order valence-electron chi connectivity index (χ4n) is 5.86. The highest BCUT2D eigenvalue weighted by Crippen LogP contribution is 2.31. The number of carbonyl (C=O) groups excluding carboxylic acids is 2. The first-order valence-corrected chi connectivity index (χ1v) is 19.1. The summed E-state index contributed by atoms with van der Waals surface area (Å²) in [6.45, 7) is 4.20. The van der Waals surface area contributed by atoms with Crippen LogP contribution in [0, 0.1) is 0 Å². The summed E-state index contributed by atoms with van der Waals surface area (Å²) in [6.07, 6.45) is 35.7. The molecule has 2 saturated heterocycles. The molecule has 2 fully saturated rings. The van der Waals surface area contributed by atoms with Crippen LogP contribution in [0.3, 0.4) is 0 Å². The summed E-state index contributed by atoms with van der Waals surface area (Å²) in [5, 5.41) is 10.0. The van der Waals surface area contributed by atoms with Crippen LogP contribution in [0.4, 0.5) is 0 Å². The average molecular weight is 649 g/mol. The van der Waals surface area contributed by atoms with Crippen LogP contribution < -0.4 is 0 Å². The Kier molecular flexibility index (Phi) is 24.0. The van der Waals surface area contributed by atoms with E-state index in [0.29, 0.717) is 37.3 Å². The minimum atomic E-state index is -0.981. The zero-order chi connectivity index (χ0) is 33.1. The number of esters is 2. The second-order valence-corrected chi connectivity index (χ2v) is 13.5. The largest absolute Gasteiger partial charge is 0.463 e. The molecular weight excluding hydrogens is 580 g/mol. The van der Waals surface area contributed by atoms with Gasteiger partial charge in [-0.25, -0.2) is 0 Å². The molecule has 2 heterocycles. The van der Waals surface area contributed by atoms with Crippen molar-refractivity contribution in [3.05, 3.63) is 24.3 Å². The predicted octanol–water partition coefficient (Wildman–Crippen LogP) is 9.48. The van der Waals surface area contributed by atoms with Crippen molar-refractivity contribution in [3.63, 3.8) is 0 Å². The monoisotopic (exact) mass is 648 g/mol. The molecule has 7 nitrogen and oxygen atoms in total. The molecule has 46 heavy (non-hydrogen) atoms. The minimum absolute atomic E-state index is 0.133. The molecule has 1 N–H and O–H groups in total. The highest BCUT2D eigenvalue weighted by Gasteiger charge is 2.37. The van der Waals surface area contributed by atoms with Gasteiger partial charge in [-0.15, -0.1) is 0 Å². The predicted molar refractivity (Wildman–Crippen MR) is 186 cm³/mol. The highest BCUT2D eigenvalue weighted by molar-refractivity contribution is 5.69. The van der Waals surface area contributed by atoms with Gasteiger partial charge in [-0.3, -0.25) is 9.59 Å². The smallest absolute Gasteiger partial charge is 0.305 e. The molecule has 0 spiro atoms. The van der Waals surface area contributed by atoms with Crippen molar-refractivity contribution in [1.29, 1.82) is 0 Å². The maximum absolute atomic E-state index is 12.0. The van der Waals surface area contributed by atoms with Gasteiger partial charge in [0.1, 0.15) is 19.3 Å². The van der Waals surface area contributed by atoms with Gasteiger partial charge in [0, 0.05) is 12.8 Å². The molecular formula is C39H68O7. The van der Waals surface area contributed by atoms with Gasteiger partial charge >= 0.3 is 11.9 Å². The van der Waals surface area contributed by atoms with Crippen LogP contribution in [-0.2, 0) is 28.5 Å². The van der Waals surface area contributed by atoms with Crippen molar-refractivity contribution in [2.24, 2.45) is 0 Å². The van der Waals surface area contributed by atoms with Crippen LogP contribution in [0.15, 0.2) is 24.3 Å². The molecule has 2 aliphatic rings. The number of hydrogen-bond donors (Lipinski definition) is 1. The van der Waals surface area contributed by atoms with E-state index in [2.05, 4.69) is 38.2 Å². The maximum atomic E-state index is 12.0. The molecule has 0 radical (unpaired) electrons. The minimum Gasteiger partial charge on any atom is -0.463 e. The fraction of sp³-hybridized carbons (Fsp3) is 0.846. The number of allylic oxidation sites excluding steroid dienone is 2. The first kappa shape index (κ1) is 40.5. The zero-order valence-electron chi connectivity index (χ0n) is 29.5. The molecule has 0 amide bonds. The SMILES string of the molecule is CCCCC[C@@H]1O[C@@H]1C/C=C/CCCCCCCC(=O)OCC(O)COC(=O)CCCCCCC/C=C\C[C@@H]1O[C@@H]1CCCCC. The standard InChI is InChI=1S/C39H68O7/c1-3-5-19-25-34-36(45-34)27-21-15-11-7-9-13-17-23-29-38(41)43-31-33(40)32-44-39(42)30-24-18-14-10-8-12-16-22-28-37-35(46-37)26-20-6-4-2/h15-16,21-22,33-37,40H,3-14,17-20,23-32H2,1-2H3/b21-15-,22-16+/t33?,34-,35+,36+,37-/m1/s1. The Morgan fingerprint density at radius 3 is 1.41 bits per heavy atom. The second kappa shape index (κ2) is 27.3. The molecule has 0 aromatic heterocycles. The van der Waals surface area contributed by atoms with E-state index in [-0.39, 0.29) is 25.2 Å². The maximum Gasteiger partial charge on any atom is 0.305 e. The molecule has 0 bridgehead atoms. The Hall–Kier alpha value is -1.70. The third kappa shape index (κ3) is 22.8. The van der Waals surface area contributed by atoms with Crippen molar-refractivity contribution < 1.29 is 33.6 Å². The lowest BCUT2D eigenvalue weighted by Gasteiger charge is -2.12. The molecule has 1 unspecified atom stereocenters. The van der Waals surface area contributed by atoms with Crippen LogP contribution in [0.5, 0.6) is 0 Å². The van der Waals surface area contributed by atoms with Gasteiger partial charge in [0.05, 0.1) is 24.4 Å². The second-order valence-electron chi connectivity index (χ2n) is 13.5. The fourth-order valence-corrected chi connectivity index (χ4v) is 5.86. The number of carbonyl (C=O) groups is 2. The van der Waals surface area contributed by atoms with E-state index in [1.54, 1.807) is 0 Å². The van der Waals surface area contributed by atoms with Crippen LogP contribution in [0.2, 0.25) is 0 Å². The summed E-state index contributed by atoms with van der Waals surface area (Å²) >= 11 is 0. The third-order valence-electron chi connectivity index (χ3n) is 9.01. The molecule has 266 valence electrons. The summed E-state index contributed by atoms with van der Waals surface area (Å²) in [5.74, 6) is -0.607. The van der Waals surface area contributed by atoms with Gasteiger partial charge in [0.25, 0.3) is 0 Å². The van der Waals surface area contributed by atoms with Gasteiger partial charge in [0.15, 0.2) is 0 Å². The molecule has 7 heteroatoms. The normalized spacial score (nSPS) is 21.2. The Morgan fingerprint density at radius 1 is 0.565 bits per heavy atom. The Balaban J connectivity index is 1.28. The van der Waals surface area contributed by atoms with E-state index >= 15 is 0 Å². The molecule has 0 aromatic rings. The van der Waals surface area contributed by atoms with Gasteiger partial charge in [-0.05, 0) is 64.2 Å². The lowest BCUT2D eigenvalue weighted by molar-refractivity contribution is -0.152. The Morgan fingerprint density at radius 2 is 0.978 bits per heavy atom. The van der Waals surface area contributed by atoms with E-state index in [9.17, 15) is 14.7 Å². The molecule has 2 aliphatic heterocycles. The summed E-state index contributed by atoms with van der Waals surface area (Å²) < 4.78 is 21.8. The lowest BCUT2D eigenvalue weighted by atomic mass is 10.1. The van der Waals surface area contributed by atoms with E-state index in [1.165, 1.54) is 64.2 Å². The van der Waals surface area contributed by atoms with Gasteiger partial charge in [-0.1, -0.05) is 115 Å². The third-order valence-corrected chi connectivity index (χ3v) is 9.01. The number of rotatable bonds is 32. The molecule has 0 aliphatic carbocycles. The topological polar surface area (TPSA) is 97.9 Å². The molecule has 0 aromatic carbocycles. The molecule has 0 saturated carbocycles. The van der Waals surface area contributed by atoms with Crippen molar-refractivity contribution in [3.8, 4) is 0 Å². The summed E-state index contributed by atoms with van der Waals surface area (Å²) in [7, 11) is 0. The molecule has 2 rings (SSSR count). The number of epoxide rings is 2. The van der Waals surface area contributed by atoms with Gasteiger partial charge < -0.3 is 24.1 Å². The highest BCUT2D eigenvalue weighted by atomic mass is 16.6. The molecule has 5 atom stereocenters. The number of ether oxygens (including phenoxy) is 4. The average Bonchev–Trinajstić information content (AvgIpc) is 3.98. The first-order chi connectivity index (χ1) is 22.5. The lowest BCUT2D eigenvalue weighted by Crippen LogP contribution is -2.25. The van der Waals surface area contributed by atoms with Crippen LogP contribution in [0.25, 0.3) is 0 Å². The number of hydrogen-bond acceptors (Lipinski definition) is 7. The Labute approximate surface area is 281 Å². The number of unbranched alkanes of at least 4 members (excludes halogenated alkanes) is 14. The van der Waals surface area contributed by atoms with Crippen LogP contribution in [0.1, 0.15) is 168 Å². The van der Waals surface area contributed by atoms with Crippen LogP contribution in [-0.4, -0.2) is 60.8 Å². The van der Waals surface area contributed by atoms with E-state index < -0.39 is 6.10 Å². The van der Waals surface area contributed by atoms with Gasteiger partial charge in [-0.2, -0.15) is 0 Å². The van der Waals surface area contributed by atoms with Crippen molar-refractivity contribution in [2.45, 2.75) is 198 Å². The van der Waals surface area contributed by atoms with E-state index in [1.807, 2.05) is 0 Å². The number of aliphatic hydroxyl groups is 1. The quantitative estimate of drug-likeness (QED) is 0.0336. The Bertz CT molecular complexity index is 759. The van der Waals surface area contributed by atoms with Crippen LogP contribution >= 0.6 is 0 Å². The van der Waals surface area contributed by atoms with Crippen molar-refractivity contribution >= 4 is 11.9 Å². The van der Waals surface area contributed by atoms with E-state index in [0.717, 1.165) is 77.0 Å². The van der Waals surface area contributed by atoms with E-state index in [4.69, 9.17) is 18.9 Å². The first-order valence-electron chi connectivity index (χ1n) is 19.1. The van der Waals surface area contributed by atoms with Crippen molar-refractivity contribution in [2.75, 3.05) is 13.2 Å². The summed E-state index contributed by atoms with van der Waals surface area (Å²) in [6, 6.07) is 0. The van der Waals surface area contributed by atoms with Gasteiger partial charge in [0.2, 0.25) is 0 Å². The zero-order valence-corrected chi connectivity index (χ0v) is 29.5.